The average Bonchev–Trinajstić information content (AvgIpc) is 2.90. The number of hydrogen-bond donors (Lipinski definition) is 1. The Bertz CT molecular complexity index is 1260. The minimum atomic E-state index is -0.483. The zero-order chi connectivity index (χ0) is 26.2. The molecule has 0 fully saturated rings. The van der Waals surface area contributed by atoms with Crippen molar-refractivity contribution in [2.24, 2.45) is 0 Å². The number of ether oxygens (including phenoxy) is 3. The van der Waals surface area contributed by atoms with Gasteiger partial charge in [-0.15, -0.1) is 0 Å². The molecule has 7 nitrogen and oxygen atoms in total. The smallest absolute Gasteiger partial charge is 0.294 e. The van der Waals surface area contributed by atoms with Crippen LogP contribution >= 0.6 is 0 Å². The number of amides is 2. The number of anilines is 1. The summed E-state index contributed by atoms with van der Waals surface area (Å²) >= 11 is 0. The second kappa shape index (κ2) is 12.3. The first-order valence-corrected chi connectivity index (χ1v) is 12.5. The van der Waals surface area contributed by atoms with E-state index in [0.717, 1.165) is 22.4 Å². The van der Waals surface area contributed by atoms with Gasteiger partial charge in [-0.05, 0) is 62.2 Å². The molecule has 1 aliphatic heterocycles. The quantitative estimate of drug-likeness (QED) is 0.310. The summed E-state index contributed by atoms with van der Waals surface area (Å²) in [6, 6.07) is 22.6. The van der Waals surface area contributed by atoms with Crippen molar-refractivity contribution in [2.45, 2.75) is 33.6 Å². The Labute approximate surface area is 217 Å². The van der Waals surface area contributed by atoms with Crippen LogP contribution < -0.4 is 15.0 Å². The van der Waals surface area contributed by atoms with E-state index in [2.05, 4.69) is 11.4 Å². The van der Waals surface area contributed by atoms with Gasteiger partial charge in [-0.2, -0.15) is 0 Å². The number of para-hydroxylation sites is 2. The molecule has 2 amide bonds. The molecule has 0 aliphatic carbocycles. The van der Waals surface area contributed by atoms with E-state index < -0.39 is 6.29 Å². The number of fused-ring (bicyclic) bond motifs is 1. The van der Waals surface area contributed by atoms with Crippen molar-refractivity contribution in [3.63, 3.8) is 0 Å². The van der Waals surface area contributed by atoms with Gasteiger partial charge in [-0.25, -0.2) is 0 Å². The van der Waals surface area contributed by atoms with Crippen molar-refractivity contribution < 1.29 is 23.8 Å². The molecule has 0 atom stereocenters. The fourth-order valence-electron chi connectivity index (χ4n) is 4.11. The first-order chi connectivity index (χ1) is 18.0. The summed E-state index contributed by atoms with van der Waals surface area (Å²) < 4.78 is 16.9. The van der Waals surface area contributed by atoms with E-state index in [-0.39, 0.29) is 24.1 Å². The van der Waals surface area contributed by atoms with E-state index in [1.54, 1.807) is 35.2 Å². The number of rotatable bonds is 10. The van der Waals surface area contributed by atoms with Crippen LogP contribution in [0.2, 0.25) is 0 Å². The molecular weight excluding hydrogens is 468 g/mol. The van der Waals surface area contributed by atoms with Crippen LogP contribution in [0.25, 0.3) is 6.08 Å². The highest BCUT2D eigenvalue weighted by Crippen LogP contribution is 2.36. The molecule has 7 heteroatoms. The van der Waals surface area contributed by atoms with Crippen LogP contribution in [-0.2, 0) is 20.8 Å². The molecule has 0 saturated carbocycles. The van der Waals surface area contributed by atoms with Crippen molar-refractivity contribution in [2.75, 3.05) is 24.7 Å². The van der Waals surface area contributed by atoms with E-state index in [1.807, 2.05) is 63.2 Å². The lowest BCUT2D eigenvalue weighted by Crippen LogP contribution is -2.36. The van der Waals surface area contributed by atoms with Crippen LogP contribution in [0, 0.1) is 6.92 Å². The van der Waals surface area contributed by atoms with Gasteiger partial charge in [0.2, 0.25) is 0 Å². The highest BCUT2D eigenvalue weighted by Gasteiger charge is 2.30. The molecule has 3 aromatic rings. The minimum absolute atomic E-state index is 0.222. The van der Waals surface area contributed by atoms with Gasteiger partial charge in [0.1, 0.15) is 0 Å². The molecule has 192 valence electrons. The first-order valence-electron chi connectivity index (χ1n) is 12.5. The van der Waals surface area contributed by atoms with Crippen molar-refractivity contribution in [1.82, 2.24) is 5.32 Å². The molecule has 0 saturated heterocycles. The van der Waals surface area contributed by atoms with Crippen molar-refractivity contribution in [3.05, 3.63) is 101 Å². The predicted molar refractivity (Wildman–Crippen MR) is 143 cm³/mol. The third-order valence-corrected chi connectivity index (χ3v) is 5.86. The van der Waals surface area contributed by atoms with Crippen LogP contribution in [-0.4, -0.2) is 37.9 Å². The summed E-state index contributed by atoms with van der Waals surface area (Å²) in [6.45, 7) is 7.47. The summed E-state index contributed by atoms with van der Waals surface area (Å²) in [5, 5.41) is 2.83. The molecular formula is C30H32N2O5. The zero-order valence-corrected chi connectivity index (χ0v) is 21.4. The molecule has 0 bridgehead atoms. The van der Waals surface area contributed by atoms with Crippen LogP contribution in [0.3, 0.4) is 0 Å². The maximum absolute atomic E-state index is 13.5. The lowest BCUT2D eigenvalue weighted by atomic mass is 10.1. The maximum atomic E-state index is 13.5. The largest absolute Gasteiger partial charge is 0.449 e. The van der Waals surface area contributed by atoms with Crippen LogP contribution in [0.1, 0.15) is 40.9 Å². The van der Waals surface area contributed by atoms with Gasteiger partial charge in [-0.3, -0.25) is 14.5 Å². The van der Waals surface area contributed by atoms with E-state index in [0.29, 0.717) is 31.1 Å². The Morgan fingerprint density at radius 2 is 1.73 bits per heavy atom. The van der Waals surface area contributed by atoms with Crippen molar-refractivity contribution >= 4 is 23.6 Å². The van der Waals surface area contributed by atoms with Crippen molar-refractivity contribution in [3.8, 4) is 5.75 Å². The van der Waals surface area contributed by atoms with Gasteiger partial charge in [0.25, 0.3) is 11.8 Å². The first kappa shape index (κ1) is 26.1. The molecule has 37 heavy (non-hydrogen) atoms. The van der Waals surface area contributed by atoms with Crippen LogP contribution in [0.5, 0.6) is 5.75 Å². The molecule has 0 radical (unpaired) electrons. The summed E-state index contributed by atoms with van der Waals surface area (Å²) in [4.78, 5) is 27.8. The normalized spacial score (nSPS) is 14.0. The lowest BCUT2D eigenvalue weighted by Gasteiger charge is -2.30. The molecule has 1 heterocycles. The Balaban J connectivity index is 1.50. The predicted octanol–water partition coefficient (Wildman–Crippen LogP) is 5.09. The Morgan fingerprint density at radius 1 is 1.00 bits per heavy atom. The van der Waals surface area contributed by atoms with E-state index in [1.165, 1.54) is 0 Å². The summed E-state index contributed by atoms with van der Waals surface area (Å²) in [6.07, 6.45) is 1.21. The number of hydrogen-bond acceptors (Lipinski definition) is 5. The van der Waals surface area contributed by atoms with Crippen LogP contribution in [0.15, 0.2) is 78.6 Å². The molecule has 1 N–H and O–H groups in total. The molecule has 0 unspecified atom stereocenters. The third kappa shape index (κ3) is 6.64. The fraction of sp³-hybridized carbons (Fsp3) is 0.267. The second-order valence-electron chi connectivity index (χ2n) is 8.63. The maximum Gasteiger partial charge on any atom is 0.294 e. The second-order valence-corrected chi connectivity index (χ2v) is 8.63. The van der Waals surface area contributed by atoms with Crippen molar-refractivity contribution in [1.29, 1.82) is 0 Å². The Morgan fingerprint density at radius 3 is 2.43 bits per heavy atom. The van der Waals surface area contributed by atoms with Gasteiger partial charge in [0.05, 0.1) is 18.8 Å². The van der Waals surface area contributed by atoms with Gasteiger partial charge >= 0.3 is 0 Å². The molecule has 3 aromatic carbocycles. The number of aryl methyl sites for hydroxylation is 1. The van der Waals surface area contributed by atoms with Crippen LogP contribution in [0.4, 0.5) is 5.69 Å². The Hall–Kier alpha value is -3.94. The average molecular weight is 501 g/mol. The number of nitrogens with one attached hydrogen (secondary N) is 1. The summed E-state index contributed by atoms with van der Waals surface area (Å²) in [5.74, 6) is 0.391. The molecule has 0 spiro atoms. The highest BCUT2D eigenvalue weighted by atomic mass is 16.7. The molecule has 0 aromatic heterocycles. The van der Waals surface area contributed by atoms with Gasteiger partial charge < -0.3 is 19.5 Å². The number of carbonyl (C=O) groups excluding carboxylic acids is 2. The van der Waals surface area contributed by atoms with E-state index in [9.17, 15) is 9.59 Å². The standard InChI is InChI=1S/C30H32N2O5/c1-4-35-28(36-5-2)19-31-29(33)24-15-13-22(14-16-24)18-27-30(34)32(20-23-10-8-9-21(3)17-23)25-11-6-7-12-26(25)37-27/h6-18,28H,4-5,19-20H2,1-3H3,(H,31,33)/b27-18+. The topological polar surface area (TPSA) is 77.1 Å². The number of nitrogens with zero attached hydrogens (tertiary/aromatic N) is 1. The monoisotopic (exact) mass is 500 g/mol. The van der Waals surface area contributed by atoms with E-state index >= 15 is 0 Å². The lowest BCUT2D eigenvalue weighted by molar-refractivity contribution is -0.131. The SMILES string of the molecule is CCOC(CNC(=O)c1ccc(/C=C2/Oc3ccccc3N(Cc3cccc(C)c3)C2=O)cc1)OCC. The summed E-state index contributed by atoms with van der Waals surface area (Å²) in [7, 11) is 0. The zero-order valence-electron chi connectivity index (χ0n) is 21.4. The number of benzene rings is 3. The Kier molecular flexibility index (Phi) is 8.72. The fourth-order valence-corrected chi connectivity index (χ4v) is 4.11. The van der Waals surface area contributed by atoms with Gasteiger partial charge in [-0.1, -0.05) is 54.1 Å². The minimum Gasteiger partial charge on any atom is -0.449 e. The van der Waals surface area contributed by atoms with Gasteiger partial charge in [0.15, 0.2) is 17.8 Å². The third-order valence-electron chi connectivity index (χ3n) is 5.86. The summed E-state index contributed by atoms with van der Waals surface area (Å²) in [5.41, 5.74) is 4.15. The number of carbonyl (C=O) groups is 2. The molecule has 1 aliphatic rings. The molecule has 4 rings (SSSR count). The van der Waals surface area contributed by atoms with Gasteiger partial charge in [0, 0.05) is 18.8 Å². The highest BCUT2D eigenvalue weighted by molar-refractivity contribution is 6.09. The van der Waals surface area contributed by atoms with E-state index in [4.69, 9.17) is 14.2 Å².